The summed E-state index contributed by atoms with van der Waals surface area (Å²) in [6, 6.07) is 4.91. The van der Waals surface area contributed by atoms with Gasteiger partial charge in [-0.2, -0.15) is 0 Å². The normalized spacial score (nSPS) is 40.7. The zero-order valence-corrected chi connectivity index (χ0v) is 44.4. The van der Waals surface area contributed by atoms with E-state index in [0.717, 1.165) is 5.56 Å². The molecule has 17 nitrogen and oxygen atoms in total. The summed E-state index contributed by atoms with van der Waals surface area (Å²) in [7, 11) is 5.18. The Balaban J connectivity index is 1.61. The number of ether oxygens (including phenoxy) is 6. The molecule has 0 bridgehead atoms. The van der Waals surface area contributed by atoms with Crippen molar-refractivity contribution in [3.8, 4) is 0 Å². The van der Waals surface area contributed by atoms with Gasteiger partial charge in [-0.05, 0) is 120 Å². The number of alkyl halides is 1. The van der Waals surface area contributed by atoms with Crippen LogP contribution in [-0.2, 0) is 38.0 Å². The first-order valence-electron chi connectivity index (χ1n) is 25.5. The lowest BCUT2D eigenvalue weighted by atomic mass is 9.77. The average Bonchev–Trinajstić information content (AvgIpc) is 3.30. The molecule has 1 aromatic carbocycles. The Morgan fingerprint density at radius 1 is 0.986 bits per heavy atom. The van der Waals surface area contributed by atoms with Crippen molar-refractivity contribution in [2.75, 3.05) is 41.0 Å². The van der Waals surface area contributed by atoms with Gasteiger partial charge in [0.1, 0.15) is 42.8 Å². The molecule has 70 heavy (non-hydrogen) atoms. The van der Waals surface area contributed by atoms with E-state index in [0.29, 0.717) is 37.9 Å². The minimum atomic E-state index is -1.85. The first-order valence-corrected chi connectivity index (χ1v) is 25.5. The molecule has 20 atom stereocenters. The van der Waals surface area contributed by atoms with Crippen molar-refractivity contribution >= 4 is 11.9 Å². The molecule has 3 aliphatic heterocycles. The fraction of sp³-hybridized carbons (Fsp3) is 0.846. The average molecular weight is 1000 g/mol. The minimum absolute atomic E-state index is 0.0809. The Morgan fingerprint density at radius 3 is 2.23 bits per heavy atom. The Labute approximate surface area is 416 Å². The van der Waals surface area contributed by atoms with Gasteiger partial charge in [0.05, 0.1) is 47.6 Å². The van der Waals surface area contributed by atoms with Crippen LogP contribution in [0.4, 0.5) is 4.39 Å². The molecule has 0 spiro atoms. The number of hydrogen-bond donors (Lipinski definition) is 7. The fourth-order valence-corrected chi connectivity index (χ4v) is 11.0. The van der Waals surface area contributed by atoms with Crippen LogP contribution in [0.25, 0.3) is 0 Å². The van der Waals surface area contributed by atoms with Gasteiger partial charge in [-0.15, -0.1) is 0 Å². The number of nitrogens with one attached hydrogen (secondary N) is 1. The Morgan fingerprint density at radius 2 is 1.63 bits per heavy atom. The quantitative estimate of drug-likeness (QED) is 0.0920. The number of hydrogen-bond acceptors (Lipinski definition) is 16. The van der Waals surface area contributed by atoms with Crippen molar-refractivity contribution in [2.45, 2.75) is 224 Å². The van der Waals surface area contributed by atoms with Crippen molar-refractivity contribution in [1.82, 2.24) is 15.1 Å². The van der Waals surface area contributed by atoms with E-state index in [1.807, 2.05) is 56.8 Å². The summed E-state index contributed by atoms with van der Waals surface area (Å²) in [5.74, 6) is -3.26. The fourth-order valence-electron chi connectivity index (χ4n) is 11.0. The summed E-state index contributed by atoms with van der Waals surface area (Å²) < 4.78 is 52.1. The number of aliphatic hydroxyl groups is 6. The van der Waals surface area contributed by atoms with E-state index in [1.54, 1.807) is 60.6 Å². The number of unbranched alkanes of at least 4 members (excludes halogenated alkanes) is 1. The van der Waals surface area contributed by atoms with Crippen LogP contribution >= 0.6 is 0 Å². The molecule has 4 rings (SSSR count). The molecular formula is C52H90FN3O14. The summed E-state index contributed by atoms with van der Waals surface area (Å²) in [5, 5.41) is 72.9. The van der Waals surface area contributed by atoms with Crippen molar-refractivity contribution in [3.05, 3.63) is 35.4 Å². The number of halogens is 1. The number of aryl methyl sites for hydroxylation is 1. The predicted molar refractivity (Wildman–Crippen MR) is 261 cm³/mol. The number of carbonyl (C=O) groups excluding carboxylic acids is 2. The first-order chi connectivity index (χ1) is 32.6. The second-order valence-corrected chi connectivity index (χ2v) is 21.8. The number of methoxy groups -OCH3 is 1. The van der Waals surface area contributed by atoms with Crippen LogP contribution in [0.1, 0.15) is 131 Å². The van der Waals surface area contributed by atoms with Gasteiger partial charge in [0, 0.05) is 44.5 Å². The minimum Gasteiger partial charge on any atom is -0.459 e. The highest BCUT2D eigenvalue weighted by molar-refractivity contribution is 5.76. The summed E-state index contributed by atoms with van der Waals surface area (Å²) >= 11 is 0. The van der Waals surface area contributed by atoms with E-state index in [-0.39, 0.29) is 37.5 Å². The van der Waals surface area contributed by atoms with E-state index in [4.69, 9.17) is 28.4 Å². The van der Waals surface area contributed by atoms with Crippen molar-refractivity contribution in [1.29, 1.82) is 0 Å². The molecule has 7 N–H and O–H groups in total. The van der Waals surface area contributed by atoms with Gasteiger partial charge in [0.25, 0.3) is 0 Å². The van der Waals surface area contributed by atoms with Crippen molar-refractivity contribution in [3.63, 3.8) is 0 Å². The Hall–Kier alpha value is -2.43. The molecular weight excluding hydrogens is 910 g/mol. The number of rotatable bonds is 16. The van der Waals surface area contributed by atoms with Crippen LogP contribution in [0.5, 0.6) is 0 Å². The molecule has 3 aliphatic rings. The maximum absolute atomic E-state index is 14.4. The molecule has 18 heteroatoms. The highest BCUT2D eigenvalue weighted by Gasteiger charge is 2.53. The van der Waals surface area contributed by atoms with Crippen molar-refractivity contribution < 1.29 is 73.0 Å². The summed E-state index contributed by atoms with van der Waals surface area (Å²) in [4.78, 5) is 31.2. The van der Waals surface area contributed by atoms with Gasteiger partial charge in [-0.25, -0.2) is 4.39 Å². The highest BCUT2D eigenvalue weighted by Crippen LogP contribution is 2.40. The van der Waals surface area contributed by atoms with E-state index >= 15 is 0 Å². The molecule has 3 saturated heterocycles. The molecule has 3 fully saturated rings. The zero-order chi connectivity index (χ0) is 52.6. The highest BCUT2D eigenvalue weighted by atomic mass is 19.1. The molecule has 0 radical (unpaired) electrons. The third kappa shape index (κ3) is 14.9. The van der Waals surface area contributed by atoms with Gasteiger partial charge < -0.3 is 74.2 Å². The van der Waals surface area contributed by atoms with Crippen LogP contribution in [0.3, 0.4) is 0 Å². The third-order valence-electron chi connectivity index (χ3n) is 15.6. The van der Waals surface area contributed by atoms with Crippen LogP contribution in [-0.4, -0.2) is 190 Å². The maximum Gasteiger partial charge on any atom is 0.311 e. The number of nitrogens with zero attached hydrogens (tertiary/aromatic N) is 2. The van der Waals surface area contributed by atoms with Gasteiger partial charge in [0.15, 0.2) is 12.6 Å². The largest absolute Gasteiger partial charge is 0.459 e. The number of likely N-dealkylation sites (N-methyl/N-ethyl adjacent to an activating group) is 2. The molecule has 1 aromatic rings. The molecule has 0 aromatic heterocycles. The second kappa shape index (κ2) is 25.7. The van der Waals surface area contributed by atoms with Crippen LogP contribution in [0.2, 0.25) is 0 Å². The number of aliphatic hydroxyl groups excluding tert-OH is 4. The lowest BCUT2D eigenvalue weighted by Crippen LogP contribution is -2.60. The predicted octanol–water partition coefficient (Wildman–Crippen LogP) is 3.94. The van der Waals surface area contributed by atoms with Crippen LogP contribution in [0.15, 0.2) is 24.3 Å². The molecule has 0 unspecified atom stereocenters. The molecule has 1 amide bonds. The Kier molecular flexibility index (Phi) is 22.1. The molecule has 3 heterocycles. The topological polar surface area (TPSA) is 229 Å². The smallest absolute Gasteiger partial charge is 0.311 e. The second-order valence-electron chi connectivity index (χ2n) is 21.8. The van der Waals surface area contributed by atoms with Gasteiger partial charge in [-0.1, -0.05) is 50.6 Å². The van der Waals surface area contributed by atoms with Crippen LogP contribution in [0, 0.1) is 24.7 Å². The van der Waals surface area contributed by atoms with E-state index < -0.39 is 127 Å². The monoisotopic (exact) mass is 1000 g/mol. The van der Waals surface area contributed by atoms with Gasteiger partial charge in [-0.3, -0.25) is 9.59 Å². The van der Waals surface area contributed by atoms with Crippen LogP contribution < -0.4 is 5.32 Å². The molecule has 0 saturated carbocycles. The van der Waals surface area contributed by atoms with E-state index in [2.05, 4.69) is 5.32 Å². The number of benzene rings is 1. The van der Waals surface area contributed by atoms with Crippen molar-refractivity contribution in [2.24, 2.45) is 17.8 Å². The van der Waals surface area contributed by atoms with Gasteiger partial charge in [0.2, 0.25) is 5.91 Å². The number of esters is 1. The summed E-state index contributed by atoms with van der Waals surface area (Å²) in [5.41, 5.74) is -3.08. The lowest BCUT2D eigenvalue weighted by molar-refractivity contribution is -0.318. The third-order valence-corrected chi connectivity index (χ3v) is 15.6. The van der Waals surface area contributed by atoms with Gasteiger partial charge >= 0.3 is 5.97 Å². The molecule has 0 aliphatic carbocycles. The molecule has 404 valence electrons. The zero-order valence-electron chi connectivity index (χ0n) is 44.4. The SMILES string of the molecule is CC[C@H]1OC(=O)[C@H](C)[C@@H](O[C@H]2C[C@@](C)(OC)[C@@H](O)[C@H](C)O2)[C@H](C)[C@@H](O[C@@H]2O[C@H](C)C[C@H](N(C)CCCCC(=O)N[C@H](CF)[C@H](O)c3ccc(C)cc3)[C@H]2O)[C@](C)(O)C[C@@H](C)CN(C)[C@H](C)[C@@H](O)[C@]1(C)O. The maximum atomic E-state index is 14.4. The summed E-state index contributed by atoms with van der Waals surface area (Å²) in [6.07, 6.45) is -9.52. The number of cyclic esters (lactones) is 1. The lowest BCUT2D eigenvalue weighted by Gasteiger charge is -2.49. The van der Waals surface area contributed by atoms with E-state index in [9.17, 15) is 44.6 Å². The first kappa shape index (κ1) is 60.1. The summed E-state index contributed by atoms with van der Waals surface area (Å²) in [6.45, 7) is 19.2. The number of amides is 1. The number of carbonyl (C=O) groups is 2. The Bertz CT molecular complexity index is 1780. The standard InChI is InChI=1S/C52H90FN3O14/c1-15-39-52(11,64)45(60)34(7)56(13)28-30(3)25-50(9,63)47(32(5)44(33(6)48(62)68-39)69-41-26-51(10,65-14)46(61)35(8)67-41)70-49-43(59)38(24-31(4)66-49)55(12)23-17-16-18-40(57)54-37(27-53)42(58)36-21-19-29(2)20-22-36/h19-22,30-35,37-39,41-47,49,58-61,63-64H,15-18,23-28H2,1-14H3,(H,54,57)/t30-,31-,32+,33-,34-,35+,37-,38+,39-,41+,42-,43-,44+,45-,46+,47-,49+,50-,51-,52-/m1/s1. The van der Waals surface area contributed by atoms with E-state index in [1.165, 1.54) is 14.0 Å².